The lowest BCUT2D eigenvalue weighted by Crippen LogP contribution is -2.50. The number of hydrogen-bond donors (Lipinski definition) is 0. The van der Waals surface area contributed by atoms with Gasteiger partial charge in [-0.3, -0.25) is 14.5 Å². The molecule has 0 bridgehead atoms. The molecule has 2 aromatic carbocycles. The maximum Gasteiger partial charge on any atom is 0.321 e. The van der Waals surface area contributed by atoms with Crippen molar-refractivity contribution in [1.29, 1.82) is 0 Å². The largest absolute Gasteiger partial charge is 0.493 e. The Hall–Kier alpha value is -3.59. The summed E-state index contributed by atoms with van der Waals surface area (Å²) in [6.45, 7) is 2.71. The summed E-state index contributed by atoms with van der Waals surface area (Å²) in [5.41, 5.74) is 2.15. The molecule has 1 aliphatic heterocycles. The van der Waals surface area contributed by atoms with E-state index in [1.165, 1.54) is 7.11 Å². The SMILES string of the molecule is CCOC(=O)[C@@H]1C(=O)N(CCCOC)c2nc3ccccc3n2[C@@H]1c1cccc(OC)c1OC. The number of rotatable bonds is 9. The zero-order chi connectivity index (χ0) is 24.2. The van der Waals surface area contributed by atoms with E-state index in [1.54, 1.807) is 32.1 Å². The second kappa shape index (κ2) is 10.1. The van der Waals surface area contributed by atoms with Gasteiger partial charge in [0, 0.05) is 25.8 Å². The molecule has 34 heavy (non-hydrogen) atoms. The number of hydrogen-bond acceptors (Lipinski definition) is 7. The van der Waals surface area contributed by atoms with Crippen LogP contribution >= 0.6 is 0 Å². The second-order valence-corrected chi connectivity index (χ2v) is 7.86. The number of aromatic nitrogens is 2. The van der Waals surface area contributed by atoms with Crippen LogP contribution in [0.1, 0.15) is 24.9 Å². The summed E-state index contributed by atoms with van der Waals surface area (Å²) in [4.78, 5) is 33.5. The Morgan fingerprint density at radius 2 is 1.85 bits per heavy atom. The minimum atomic E-state index is -1.13. The van der Waals surface area contributed by atoms with Gasteiger partial charge in [-0.25, -0.2) is 4.98 Å². The standard InChI is InChI=1S/C25H29N3O6/c1-5-34-24(30)20-21(16-10-8-13-19(32-3)22(16)33-4)28-18-12-7-6-11-17(18)26-25(28)27(23(20)29)14-9-15-31-2/h6-8,10-13,20-21H,5,9,14-15H2,1-4H3/t20-,21+/m0/s1. The van der Waals surface area contributed by atoms with Crippen LogP contribution < -0.4 is 14.4 Å². The molecule has 1 amide bonds. The van der Waals surface area contributed by atoms with Crippen LogP contribution in [0.25, 0.3) is 11.0 Å². The third kappa shape index (κ3) is 3.96. The monoisotopic (exact) mass is 467 g/mol. The molecular formula is C25H29N3O6. The molecule has 9 heteroatoms. The van der Waals surface area contributed by atoms with Crippen LogP contribution in [0.5, 0.6) is 11.5 Å². The van der Waals surface area contributed by atoms with Gasteiger partial charge >= 0.3 is 5.97 Å². The molecule has 0 spiro atoms. The maximum atomic E-state index is 13.9. The van der Waals surface area contributed by atoms with Crippen LogP contribution in [0.15, 0.2) is 42.5 Å². The van der Waals surface area contributed by atoms with Gasteiger partial charge in [-0.1, -0.05) is 24.3 Å². The van der Waals surface area contributed by atoms with Crippen LogP contribution in [0.3, 0.4) is 0 Å². The highest BCUT2D eigenvalue weighted by molar-refractivity contribution is 6.08. The summed E-state index contributed by atoms with van der Waals surface area (Å²) in [7, 11) is 4.70. The highest BCUT2D eigenvalue weighted by Gasteiger charge is 2.48. The first-order valence-corrected chi connectivity index (χ1v) is 11.2. The molecule has 0 radical (unpaired) electrons. The van der Waals surface area contributed by atoms with E-state index in [4.69, 9.17) is 23.9 Å². The zero-order valence-corrected chi connectivity index (χ0v) is 19.8. The zero-order valence-electron chi connectivity index (χ0n) is 19.8. The molecule has 2 heterocycles. The molecule has 0 fully saturated rings. The third-order valence-corrected chi connectivity index (χ3v) is 5.97. The number of carbonyl (C=O) groups is 2. The molecule has 0 aliphatic carbocycles. The summed E-state index contributed by atoms with van der Waals surface area (Å²) >= 11 is 0. The molecule has 0 N–H and O–H groups in total. The Labute approximate surface area is 198 Å². The van der Waals surface area contributed by atoms with Crippen molar-refractivity contribution in [2.24, 2.45) is 5.92 Å². The second-order valence-electron chi connectivity index (χ2n) is 7.86. The third-order valence-electron chi connectivity index (χ3n) is 5.97. The smallest absolute Gasteiger partial charge is 0.321 e. The fraction of sp³-hybridized carbons (Fsp3) is 0.400. The van der Waals surface area contributed by atoms with Crippen molar-refractivity contribution in [3.05, 3.63) is 48.0 Å². The van der Waals surface area contributed by atoms with Gasteiger partial charge in [0.1, 0.15) is 0 Å². The van der Waals surface area contributed by atoms with E-state index in [0.717, 1.165) is 11.0 Å². The van der Waals surface area contributed by atoms with Gasteiger partial charge in [-0.2, -0.15) is 0 Å². The van der Waals surface area contributed by atoms with Gasteiger partial charge in [-0.15, -0.1) is 0 Å². The van der Waals surface area contributed by atoms with E-state index in [2.05, 4.69) is 0 Å². The summed E-state index contributed by atoms with van der Waals surface area (Å²) < 4.78 is 23.7. The number of imidazole rings is 1. The van der Waals surface area contributed by atoms with Crippen molar-refractivity contribution >= 4 is 28.9 Å². The van der Waals surface area contributed by atoms with Crippen molar-refractivity contribution in [1.82, 2.24) is 9.55 Å². The lowest BCUT2D eigenvalue weighted by Gasteiger charge is -2.38. The predicted molar refractivity (Wildman–Crippen MR) is 126 cm³/mol. The van der Waals surface area contributed by atoms with E-state index < -0.39 is 17.9 Å². The summed E-state index contributed by atoms with van der Waals surface area (Å²) in [6, 6.07) is 12.3. The first-order chi connectivity index (χ1) is 16.6. The normalized spacial score (nSPS) is 17.5. The molecule has 0 saturated carbocycles. The maximum absolute atomic E-state index is 13.9. The van der Waals surface area contributed by atoms with Crippen LogP contribution in [-0.4, -0.2) is 62.5 Å². The van der Waals surface area contributed by atoms with Crippen molar-refractivity contribution in [3.8, 4) is 11.5 Å². The number of amides is 1. The lowest BCUT2D eigenvalue weighted by atomic mass is 9.88. The van der Waals surface area contributed by atoms with E-state index in [0.29, 0.717) is 42.6 Å². The summed E-state index contributed by atoms with van der Waals surface area (Å²) in [5.74, 6) is -0.668. The van der Waals surface area contributed by atoms with Gasteiger partial charge in [-0.05, 0) is 31.5 Å². The number of methoxy groups -OCH3 is 3. The number of fused-ring (bicyclic) bond motifs is 3. The van der Waals surface area contributed by atoms with Gasteiger partial charge in [0.05, 0.1) is 37.9 Å². The van der Waals surface area contributed by atoms with Crippen molar-refractivity contribution in [3.63, 3.8) is 0 Å². The average molecular weight is 468 g/mol. The average Bonchev–Trinajstić information content (AvgIpc) is 3.23. The van der Waals surface area contributed by atoms with Gasteiger partial charge in [0.25, 0.3) is 0 Å². The summed E-state index contributed by atoms with van der Waals surface area (Å²) in [6.07, 6.45) is 0.591. The molecule has 2 atom stereocenters. The molecule has 4 rings (SSSR count). The predicted octanol–water partition coefficient (Wildman–Crippen LogP) is 3.21. The number of anilines is 1. The van der Waals surface area contributed by atoms with Crippen molar-refractivity contribution in [2.75, 3.05) is 46.0 Å². The van der Waals surface area contributed by atoms with E-state index in [1.807, 2.05) is 41.0 Å². The number of esters is 1. The quantitative estimate of drug-likeness (QED) is 0.271. The molecular weight excluding hydrogens is 438 g/mol. The van der Waals surface area contributed by atoms with Crippen LogP contribution in [-0.2, 0) is 19.1 Å². The highest BCUT2D eigenvalue weighted by Crippen LogP contribution is 2.46. The molecule has 3 aromatic rings. The molecule has 1 aliphatic rings. The van der Waals surface area contributed by atoms with Gasteiger partial charge in [0.2, 0.25) is 11.9 Å². The molecule has 180 valence electrons. The number of nitrogens with zero attached hydrogens (tertiary/aromatic N) is 3. The Balaban J connectivity index is 2.00. The van der Waals surface area contributed by atoms with Crippen LogP contribution in [0.2, 0.25) is 0 Å². The summed E-state index contributed by atoms with van der Waals surface area (Å²) in [5, 5.41) is 0. The van der Waals surface area contributed by atoms with E-state index >= 15 is 0 Å². The Morgan fingerprint density at radius 1 is 1.06 bits per heavy atom. The first kappa shape index (κ1) is 23.6. The lowest BCUT2D eigenvalue weighted by molar-refractivity contribution is -0.153. The van der Waals surface area contributed by atoms with Gasteiger partial charge < -0.3 is 23.5 Å². The number of ether oxygens (including phenoxy) is 4. The molecule has 0 saturated heterocycles. The van der Waals surface area contributed by atoms with Crippen LogP contribution in [0, 0.1) is 5.92 Å². The molecule has 0 unspecified atom stereocenters. The fourth-order valence-corrected chi connectivity index (χ4v) is 4.55. The minimum Gasteiger partial charge on any atom is -0.493 e. The van der Waals surface area contributed by atoms with Crippen molar-refractivity contribution in [2.45, 2.75) is 19.4 Å². The van der Waals surface area contributed by atoms with E-state index in [-0.39, 0.29) is 12.5 Å². The molecule has 1 aromatic heterocycles. The topological polar surface area (TPSA) is 92.1 Å². The Bertz CT molecular complexity index is 1190. The first-order valence-electron chi connectivity index (χ1n) is 11.2. The highest BCUT2D eigenvalue weighted by atomic mass is 16.5. The number of para-hydroxylation sites is 3. The Morgan fingerprint density at radius 3 is 2.56 bits per heavy atom. The number of benzene rings is 2. The number of carbonyl (C=O) groups excluding carboxylic acids is 2. The Kier molecular flexibility index (Phi) is 7.02. The van der Waals surface area contributed by atoms with E-state index in [9.17, 15) is 9.59 Å². The van der Waals surface area contributed by atoms with Crippen LogP contribution in [0.4, 0.5) is 5.95 Å². The van der Waals surface area contributed by atoms with Gasteiger partial charge in [0.15, 0.2) is 17.4 Å². The van der Waals surface area contributed by atoms with Crippen molar-refractivity contribution < 1.29 is 28.5 Å². The fourth-order valence-electron chi connectivity index (χ4n) is 4.55. The molecule has 9 nitrogen and oxygen atoms in total. The minimum absolute atomic E-state index is 0.159.